The van der Waals surface area contributed by atoms with E-state index in [9.17, 15) is 5.11 Å². The summed E-state index contributed by atoms with van der Waals surface area (Å²) < 4.78 is 1.80. The summed E-state index contributed by atoms with van der Waals surface area (Å²) >= 11 is 0. The van der Waals surface area contributed by atoms with Gasteiger partial charge in [0.15, 0.2) is 0 Å². The van der Waals surface area contributed by atoms with Gasteiger partial charge in [0.2, 0.25) is 0 Å². The molecule has 0 unspecified atom stereocenters. The molecule has 5 heteroatoms. The van der Waals surface area contributed by atoms with E-state index in [1.54, 1.807) is 23.1 Å². The highest BCUT2D eigenvalue weighted by atomic mass is 16.3. The molecule has 0 aliphatic rings. The number of hydrogen-bond donors (Lipinski definition) is 1. The van der Waals surface area contributed by atoms with Crippen LogP contribution in [0, 0.1) is 0 Å². The minimum absolute atomic E-state index is 0.150. The number of pyridine rings is 1. The van der Waals surface area contributed by atoms with Gasteiger partial charge in [-0.25, -0.2) is 4.68 Å². The maximum atomic E-state index is 9.32. The van der Waals surface area contributed by atoms with E-state index in [1.807, 2.05) is 0 Å². The Morgan fingerprint density at radius 1 is 1.33 bits per heavy atom. The van der Waals surface area contributed by atoms with Crippen molar-refractivity contribution in [2.45, 2.75) is 19.9 Å². The summed E-state index contributed by atoms with van der Waals surface area (Å²) in [5, 5.41) is 17.1. The molecule has 2 aromatic rings. The predicted octanol–water partition coefficient (Wildman–Crippen LogP) is 1.46. The van der Waals surface area contributed by atoms with Gasteiger partial charge in [0.25, 0.3) is 0 Å². The first-order chi connectivity index (χ1) is 7.31. The first kappa shape index (κ1) is 9.64. The van der Waals surface area contributed by atoms with Crippen molar-refractivity contribution in [3.05, 3.63) is 24.7 Å². The highest BCUT2D eigenvalue weighted by Crippen LogP contribution is 2.20. The van der Waals surface area contributed by atoms with Crippen LogP contribution in [0.25, 0.3) is 11.3 Å². The second-order valence-corrected chi connectivity index (χ2v) is 3.27. The van der Waals surface area contributed by atoms with Gasteiger partial charge in [-0.3, -0.25) is 4.98 Å². The molecule has 0 saturated carbocycles. The number of aryl methyl sites for hydroxylation is 1. The molecular weight excluding hydrogens is 192 g/mol. The summed E-state index contributed by atoms with van der Waals surface area (Å²) in [5.74, 6) is 0.150. The number of nitrogens with zero attached hydrogens (tertiary/aromatic N) is 4. The highest BCUT2D eigenvalue weighted by Gasteiger charge is 2.06. The molecule has 0 bridgehead atoms. The van der Waals surface area contributed by atoms with E-state index >= 15 is 0 Å². The van der Waals surface area contributed by atoms with Crippen LogP contribution in [-0.4, -0.2) is 25.1 Å². The molecule has 2 heterocycles. The summed E-state index contributed by atoms with van der Waals surface area (Å²) in [6.07, 6.45) is 5.75. The summed E-state index contributed by atoms with van der Waals surface area (Å²) in [7, 11) is 0. The lowest BCUT2D eigenvalue weighted by Gasteiger charge is -2.04. The first-order valence-corrected chi connectivity index (χ1v) is 4.84. The second kappa shape index (κ2) is 4.08. The molecule has 0 fully saturated rings. The predicted molar refractivity (Wildman–Crippen MR) is 55.2 cm³/mol. The van der Waals surface area contributed by atoms with Gasteiger partial charge in [0.1, 0.15) is 5.75 Å². The van der Waals surface area contributed by atoms with E-state index in [1.165, 1.54) is 6.20 Å². The SMILES string of the molecule is CCCn1nncc1-c1cncc(O)c1. The van der Waals surface area contributed by atoms with Crippen molar-refractivity contribution in [2.75, 3.05) is 0 Å². The average Bonchev–Trinajstić information content (AvgIpc) is 2.66. The van der Waals surface area contributed by atoms with Gasteiger partial charge >= 0.3 is 0 Å². The third kappa shape index (κ3) is 1.96. The Balaban J connectivity index is 2.40. The quantitative estimate of drug-likeness (QED) is 0.822. The Bertz CT molecular complexity index is 452. The molecule has 0 aliphatic heterocycles. The van der Waals surface area contributed by atoms with Crippen LogP contribution in [0.15, 0.2) is 24.7 Å². The van der Waals surface area contributed by atoms with E-state index in [-0.39, 0.29) is 5.75 Å². The molecule has 78 valence electrons. The molecular formula is C10H12N4O. The van der Waals surface area contributed by atoms with Crippen LogP contribution in [-0.2, 0) is 6.54 Å². The van der Waals surface area contributed by atoms with Crippen molar-refractivity contribution < 1.29 is 5.11 Å². The molecule has 2 aromatic heterocycles. The van der Waals surface area contributed by atoms with E-state index < -0.39 is 0 Å². The molecule has 1 N–H and O–H groups in total. The molecule has 0 saturated heterocycles. The summed E-state index contributed by atoms with van der Waals surface area (Å²) in [4.78, 5) is 3.92. The van der Waals surface area contributed by atoms with E-state index in [0.29, 0.717) is 0 Å². The average molecular weight is 204 g/mol. The highest BCUT2D eigenvalue weighted by molar-refractivity contribution is 5.58. The van der Waals surface area contributed by atoms with E-state index in [0.717, 1.165) is 24.2 Å². The van der Waals surface area contributed by atoms with Crippen molar-refractivity contribution in [1.82, 2.24) is 20.0 Å². The maximum Gasteiger partial charge on any atom is 0.134 e. The molecule has 0 amide bonds. The Kier molecular flexibility index (Phi) is 2.62. The lowest BCUT2D eigenvalue weighted by Crippen LogP contribution is -2.01. The Morgan fingerprint density at radius 3 is 2.93 bits per heavy atom. The van der Waals surface area contributed by atoms with Crippen LogP contribution in [0.1, 0.15) is 13.3 Å². The van der Waals surface area contributed by atoms with Crippen molar-refractivity contribution in [3.8, 4) is 17.0 Å². The first-order valence-electron chi connectivity index (χ1n) is 4.84. The zero-order valence-electron chi connectivity index (χ0n) is 8.46. The van der Waals surface area contributed by atoms with Crippen LogP contribution in [0.2, 0.25) is 0 Å². The van der Waals surface area contributed by atoms with Crippen molar-refractivity contribution in [3.63, 3.8) is 0 Å². The summed E-state index contributed by atoms with van der Waals surface area (Å²) in [6, 6.07) is 1.65. The zero-order chi connectivity index (χ0) is 10.7. The van der Waals surface area contributed by atoms with Gasteiger partial charge in [-0.15, -0.1) is 5.10 Å². The molecule has 15 heavy (non-hydrogen) atoms. The van der Waals surface area contributed by atoms with Gasteiger partial charge in [-0.1, -0.05) is 12.1 Å². The van der Waals surface area contributed by atoms with Crippen LogP contribution >= 0.6 is 0 Å². The molecule has 0 aliphatic carbocycles. The van der Waals surface area contributed by atoms with Gasteiger partial charge in [-0.05, 0) is 12.5 Å². The molecule has 5 nitrogen and oxygen atoms in total. The van der Waals surface area contributed by atoms with Crippen LogP contribution < -0.4 is 0 Å². The Labute approximate surface area is 87.4 Å². The fourth-order valence-electron chi connectivity index (χ4n) is 1.43. The molecule has 0 radical (unpaired) electrons. The van der Waals surface area contributed by atoms with E-state index in [2.05, 4.69) is 22.2 Å². The fraction of sp³-hybridized carbons (Fsp3) is 0.300. The van der Waals surface area contributed by atoms with Gasteiger partial charge in [0.05, 0.1) is 18.1 Å². The molecule has 0 spiro atoms. The zero-order valence-corrected chi connectivity index (χ0v) is 8.46. The Hall–Kier alpha value is -1.91. The van der Waals surface area contributed by atoms with Crippen molar-refractivity contribution in [1.29, 1.82) is 0 Å². The Morgan fingerprint density at radius 2 is 2.20 bits per heavy atom. The van der Waals surface area contributed by atoms with Gasteiger partial charge < -0.3 is 5.11 Å². The monoisotopic (exact) mass is 204 g/mol. The van der Waals surface area contributed by atoms with Gasteiger partial charge in [-0.2, -0.15) is 0 Å². The normalized spacial score (nSPS) is 10.5. The molecule has 0 aromatic carbocycles. The third-order valence-electron chi connectivity index (χ3n) is 2.07. The number of rotatable bonds is 3. The fourth-order valence-corrected chi connectivity index (χ4v) is 1.43. The third-order valence-corrected chi connectivity index (χ3v) is 2.07. The lowest BCUT2D eigenvalue weighted by molar-refractivity contribution is 0.473. The topological polar surface area (TPSA) is 63.8 Å². The number of aromatic hydroxyl groups is 1. The number of aromatic nitrogens is 4. The lowest BCUT2D eigenvalue weighted by atomic mass is 10.2. The standard InChI is InChI=1S/C10H12N4O/c1-2-3-14-10(7-12-13-14)8-4-9(15)6-11-5-8/h4-7,15H,2-3H2,1H3. The smallest absolute Gasteiger partial charge is 0.134 e. The van der Waals surface area contributed by atoms with Gasteiger partial charge in [0, 0.05) is 18.3 Å². The minimum Gasteiger partial charge on any atom is -0.506 e. The van der Waals surface area contributed by atoms with Crippen molar-refractivity contribution in [2.24, 2.45) is 0 Å². The second-order valence-electron chi connectivity index (χ2n) is 3.27. The minimum atomic E-state index is 0.150. The maximum absolute atomic E-state index is 9.32. The number of hydrogen-bond acceptors (Lipinski definition) is 4. The van der Waals surface area contributed by atoms with Crippen molar-refractivity contribution >= 4 is 0 Å². The van der Waals surface area contributed by atoms with E-state index in [4.69, 9.17) is 0 Å². The molecule has 2 rings (SSSR count). The van der Waals surface area contributed by atoms with Crippen LogP contribution in [0.3, 0.4) is 0 Å². The molecule has 0 atom stereocenters. The summed E-state index contributed by atoms with van der Waals surface area (Å²) in [5.41, 5.74) is 1.70. The van der Waals surface area contributed by atoms with Crippen LogP contribution in [0.4, 0.5) is 0 Å². The van der Waals surface area contributed by atoms with Crippen LogP contribution in [0.5, 0.6) is 5.75 Å². The summed E-state index contributed by atoms with van der Waals surface area (Å²) in [6.45, 7) is 2.89. The largest absolute Gasteiger partial charge is 0.506 e.